The lowest BCUT2D eigenvalue weighted by molar-refractivity contribution is -0.115. The highest BCUT2D eigenvalue weighted by Crippen LogP contribution is 2.32. The largest absolute Gasteiger partial charge is 0.455 e. The Labute approximate surface area is 166 Å². The molecule has 2 aromatic heterocycles. The molecule has 0 aliphatic carbocycles. The smallest absolute Gasteiger partial charge is 0.348 e. The Kier molecular flexibility index (Phi) is 6.03. The molecular formula is C20H20N2O3S2. The molecule has 0 fully saturated rings. The van der Waals surface area contributed by atoms with Gasteiger partial charge in [0.2, 0.25) is 5.91 Å². The zero-order chi connectivity index (χ0) is 19.4. The topological polar surface area (TPSA) is 59.5 Å². The van der Waals surface area contributed by atoms with Gasteiger partial charge in [-0.2, -0.15) is 0 Å². The van der Waals surface area contributed by atoms with E-state index in [2.05, 4.69) is 11.9 Å². The van der Waals surface area contributed by atoms with Crippen LogP contribution in [-0.4, -0.2) is 16.9 Å². The van der Waals surface area contributed by atoms with Crippen molar-refractivity contribution in [3.8, 4) is 0 Å². The number of nitrogens with zero attached hydrogens (tertiary/aromatic N) is 2. The molecule has 3 rings (SSSR count). The lowest BCUT2D eigenvalue weighted by Gasteiger charge is -2.20. The minimum atomic E-state index is -0.350. The normalized spacial score (nSPS) is 10.6. The summed E-state index contributed by atoms with van der Waals surface area (Å²) >= 11 is 2.72. The molecule has 0 spiro atoms. The number of rotatable bonds is 6. The van der Waals surface area contributed by atoms with Crippen LogP contribution in [0.3, 0.4) is 0 Å². The van der Waals surface area contributed by atoms with Gasteiger partial charge in [-0.25, -0.2) is 9.78 Å². The number of amides is 1. The van der Waals surface area contributed by atoms with Gasteiger partial charge >= 0.3 is 5.97 Å². The summed E-state index contributed by atoms with van der Waals surface area (Å²) in [5.74, 6) is -0.459. The fourth-order valence-electron chi connectivity index (χ4n) is 2.69. The predicted molar refractivity (Wildman–Crippen MR) is 109 cm³/mol. The number of hydrogen-bond donors (Lipinski definition) is 0. The van der Waals surface area contributed by atoms with Crippen LogP contribution in [0.25, 0.3) is 0 Å². The number of esters is 1. The Balaban J connectivity index is 1.77. The van der Waals surface area contributed by atoms with Crippen molar-refractivity contribution in [3.63, 3.8) is 0 Å². The number of aromatic nitrogens is 1. The van der Waals surface area contributed by atoms with E-state index in [-0.39, 0.29) is 18.5 Å². The van der Waals surface area contributed by atoms with E-state index in [0.29, 0.717) is 15.7 Å². The van der Waals surface area contributed by atoms with Crippen LogP contribution in [0.5, 0.6) is 0 Å². The van der Waals surface area contributed by atoms with Crippen LogP contribution in [-0.2, 0) is 22.6 Å². The first kappa shape index (κ1) is 19.3. The average molecular weight is 401 g/mol. The standard InChI is InChI=1S/C20H20N2O3S2/c1-4-15-7-5-6-8-17(15)22(14(3)23)20-21-16(12-27-20)11-25-19(24)18-13(2)9-10-26-18/h5-10,12H,4,11H2,1-3H3. The van der Waals surface area contributed by atoms with Crippen molar-refractivity contribution in [3.05, 3.63) is 62.8 Å². The third kappa shape index (κ3) is 4.26. The second kappa shape index (κ2) is 8.45. The van der Waals surface area contributed by atoms with E-state index >= 15 is 0 Å². The molecule has 0 radical (unpaired) electrons. The molecule has 0 atom stereocenters. The number of anilines is 2. The maximum Gasteiger partial charge on any atom is 0.348 e. The molecule has 3 aromatic rings. The van der Waals surface area contributed by atoms with E-state index in [1.807, 2.05) is 48.0 Å². The highest BCUT2D eigenvalue weighted by Gasteiger charge is 2.20. The number of hydrogen-bond acceptors (Lipinski definition) is 6. The van der Waals surface area contributed by atoms with Gasteiger partial charge in [-0.05, 0) is 42.0 Å². The molecule has 0 unspecified atom stereocenters. The molecule has 140 valence electrons. The van der Waals surface area contributed by atoms with Crippen molar-refractivity contribution in [1.82, 2.24) is 4.98 Å². The van der Waals surface area contributed by atoms with Crippen LogP contribution in [0, 0.1) is 6.92 Å². The third-order valence-corrected chi connectivity index (χ3v) is 5.93. The fourth-order valence-corrected chi connectivity index (χ4v) is 4.37. The van der Waals surface area contributed by atoms with E-state index in [0.717, 1.165) is 23.2 Å². The minimum absolute atomic E-state index is 0.0772. The summed E-state index contributed by atoms with van der Waals surface area (Å²) in [5.41, 5.74) is 3.43. The van der Waals surface area contributed by atoms with E-state index in [1.54, 1.807) is 4.90 Å². The van der Waals surface area contributed by atoms with Crippen molar-refractivity contribution >= 4 is 45.4 Å². The van der Waals surface area contributed by atoms with E-state index < -0.39 is 0 Å². The Morgan fingerprint density at radius 3 is 2.63 bits per heavy atom. The van der Waals surface area contributed by atoms with Gasteiger partial charge in [0.05, 0.1) is 11.4 Å². The summed E-state index contributed by atoms with van der Waals surface area (Å²) in [5, 5.41) is 4.25. The van der Waals surface area contributed by atoms with E-state index in [9.17, 15) is 9.59 Å². The van der Waals surface area contributed by atoms with Crippen molar-refractivity contribution in [2.24, 2.45) is 0 Å². The maximum atomic E-state index is 12.3. The summed E-state index contributed by atoms with van der Waals surface area (Å²) in [6.45, 7) is 5.53. The lowest BCUT2D eigenvalue weighted by atomic mass is 10.1. The van der Waals surface area contributed by atoms with Gasteiger partial charge in [0.25, 0.3) is 0 Å². The average Bonchev–Trinajstić information content (AvgIpc) is 3.29. The first-order chi connectivity index (χ1) is 13.0. The first-order valence-corrected chi connectivity index (χ1v) is 10.3. The maximum absolute atomic E-state index is 12.3. The number of carbonyl (C=O) groups excluding carboxylic acids is 2. The van der Waals surface area contributed by atoms with Gasteiger partial charge in [0.1, 0.15) is 11.5 Å². The van der Waals surface area contributed by atoms with Gasteiger partial charge < -0.3 is 4.74 Å². The second-order valence-corrected chi connectivity index (χ2v) is 7.72. The van der Waals surface area contributed by atoms with Gasteiger partial charge in [-0.1, -0.05) is 25.1 Å². The molecule has 0 N–H and O–H groups in total. The number of benzene rings is 1. The zero-order valence-corrected chi connectivity index (χ0v) is 17.0. The fraction of sp³-hybridized carbons (Fsp3) is 0.250. The van der Waals surface area contributed by atoms with Gasteiger partial charge in [0, 0.05) is 12.3 Å². The quantitative estimate of drug-likeness (QED) is 0.539. The summed E-state index contributed by atoms with van der Waals surface area (Å²) < 4.78 is 5.37. The molecule has 0 aliphatic heterocycles. The monoisotopic (exact) mass is 400 g/mol. The molecule has 0 aliphatic rings. The first-order valence-electron chi connectivity index (χ1n) is 8.55. The van der Waals surface area contributed by atoms with Crippen molar-refractivity contribution in [2.45, 2.75) is 33.8 Å². The highest BCUT2D eigenvalue weighted by atomic mass is 32.1. The molecule has 0 bridgehead atoms. The van der Waals surface area contributed by atoms with Crippen LogP contribution in [0.1, 0.15) is 40.3 Å². The second-order valence-electron chi connectivity index (χ2n) is 5.97. The third-order valence-electron chi connectivity index (χ3n) is 4.06. The molecule has 2 heterocycles. The molecule has 5 nitrogen and oxygen atoms in total. The van der Waals surface area contributed by atoms with Crippen molar-refractivity contribution in [1.29, 1.82) is 0 Å². The molecule has 0 saturated heterocycles. The summed E-state index contributed by atoms with van der Waals surface area (Å²) in [4.78, 5) is 31.2. The molecular weight excluding hydrogens is 380 g/mol. The van der Waals surface area contributed by atoms with Crippen molar-refractivity contribution in [2.75, 3.05) is 4.90 Å². The van der Waals surface area contributed by atoms with Crippen LogP contribution < -0.4 is 4.90 Å². The summed E-state index contributed by atoms with van der Waals surface area (Å²) in [6, 6.07) is 9.67. The number of carbonyl (C=O) groups is 2. The summed E-state index contributed by atoms with van der Waals surface area (Å²) in [7, 11) is 0. The lowest BCUT2D eigenvalue weighted by Crippen LogP contribution is -2.23. The molecule has 7 heteroatoms. The Morgan fingerprint density at radius 2 is 1.96 bits per heavy atom. The van der Waals surface area contributed by atoms with Crippen LogP contribution in [0.2, 0.25) is 0 Å². The number of aryl methyl sites for hydroxylation is 2. The highest BCUT2D eigenvalue weighted by molar-refractivity contribution is 7.14. The van der Waals surface area contributed by atoms with Gasteiger partial charge in [-0.15, -0.1) is 22.7 Å². The molecule has 0 saturated carbocycles. The Bertz CT molecular complexity index is 962. The van der Waals surface area contributed by atoms with E-state index in [4.69, 9.17) is 4.74 Å². The van der Waals surface area contributed by atoms with Gasteiger partial charge in [0.15, 0.2) is 5.13 Å². The van der Waals surface area contributed by atoms with Crippen LogP contribution in [0.4, 0.5) is 10.8 Å². The molecule has 27 heavy (non-hydrogen) atoms. The zero-order valence-electron chi connectivity index (χ0n) is 15.4. The van der Waals surface area contributed by atoms with E-state index in [1.165, 1.54) is 29.6 Å². The predicted octanol–water partition coefficient (Wildman–Crippen LogP) is 5.12. The Morgan fingerprint density at radius 1 is 1.19 bits per heavy atom. The van der Waals surface area contributed by atoms with Gasteiger partial charge in [-0.3, -0.25) is 9.69 Å². The SMILES string of the molecule is CCc1ccccc1N(C(C)=O)c1nc(COC(=O)c2sccc2C)cs1. The molecule has 1 aromatic carbocycles. The molecule has 1 amide bonds. The number of thiophene rings is 1. The minimum Gasteiger partial charge on any atom is -0.455 e. The number of ether oxygens (including phenoxy) is 1. The number of para-hydroxylation sites is 1. The van der Waals surface area contributed by atoms with Crippen LogP contribution >= 0.6 is 22.7 Å². The Hall–Kier alpha value is -2.51. The number of thiazole rings is 1. The van der Waals surface area contributed by atoms with Crippen LogP contribution in [0.15, 0.2) is 41.1 Å². The summed E-state index contributed by atoms with van der Waals surface area (Å²) in [6.07, 6.45) is 0.815. The van der Waals surface area contributed by atoms with Crippen molar-refractivity contribution < 1.29 is 14.3 Å².